The molecule has 0 saturated heterocycles. The lowest BCUT2D eigenvalue weighted by atomic mass is 10.0. The van der Waals surface area contributed by atoms with Gasteiger partial charge < -0.3 is 9.84 Å². The molecule has 0 rings (SSSR count). The zero-order valence-corrected chi connectivity index (χ0v) is 29.3. The summed E-state index contributed by atoms with van der Waals surface area (Å²) in [6.07, 6.45) is 41.9. The van der Waals surface area contributed by atoms with E-state index in [-0.39, 0.29) is 12.1 Å². The Morgan fingerprint density at radius 1 is 0.419 bits per heavy atom. The van der Waals surface area contributed by atoms with E-state index in [4.69, 9.17) is 9.84 Å². The molecule has 256 valence electrons. The number of ether oxygens (including phenoxy) is 1. The molecule has 0 radical (unpaired) electrons. The van der Waals surface area contributed by atoms with Crippen LogP contribution in [0.25, 0.3) is 0 Å². The largest absolute Gasteiger partial charge is 0.481 e. The number of carboxylic acids is 1. The van der Waals surface area contributed by atoms with Crippen molar-refractivity contribution in [2.45, 2.75) is 238 Å². The van der Waals surface area contributed by atoms with Crippen molar-refractivity contribution in [3.63, 3.8) is 0 Å². The van der Waals surface area contributed by atoms with Gasteiger partial charge in [-0.25, -0.2) is 0 Å². The first-order valence-electron chi connectivity index (χ1n) is 19.5. The fourth-order valence-electron chi connectivity index (χ4n) is 6.24. The van der Waals surface area contributed by atoms with E-state index in [1.807, 2.05) is 0 Å². The highest BCUT2D eigenvalue weighted by Crippen LogP contribution is 2.18. The number of carboxylic acid groups (broad SMARTS) is 1. The molecule has 0 aliphatic heterocycles. The molecule has 0 bridgehead atoms. The van der Waals surface area contributed by atoms with Gasteiger partial charge in [-0.05, 0) is 32.1 Å². The Hall–Kier alpha value is -1.06. The first-order chi connectivity index (χ1) is 21.1. The van der Waals surface area contributed by atoms with Crippen LogP contribution in [0.15, 0.2) is 0 Å². The fraction of sp³-hybridized carbons (Fsp3) is 0.949. The Balaban J connectivity index is 3.48. The zero-order chi connectivity index (χ0) is 31.5. The van der Waals surface area contributed by atoms with Crippen LogP contribution in [0.4, 0.5) is 0 Å². The van der Waals surface area contributed by atoms with Crippen LogP contribution in [0.2, 0.25) is 0 Å². The summed E-state index contributed by atoms with van der Waals surface area (Å²) in [4.78, 5) is 22.9. The van der Waals surface area contributed by atoms with Crippen molar-refractivity contribution in [3.05, 3.63) is 0 Å². The predicted octanol–water partition coefficient (Wildman–Crippen LogP) is 13.3. The lowest BCUT2D eigenvalue weighted by Crippen LogP contribution is -2.18. The molecule has 0 fully saturated rings. The van der Waals surface area contributed by atoms with Gasteiger partial charge in [0.1, 0.15) is 6.10 Å². The number of hydrogen-bond acceptors (Lipinski definition) is 3. The molecular weight excluding hydrogens is 532 g/mol. The molecule has 0 heterocycles. The maximum absolute atomic E-state index is 12.4. The summed E-state index contributed by atoms with van der Waals surface area (Å²) in [7, 11) is 0. The number of aliphatic carboxylic acids is 1. The fourth-order valence-corrected chi connectivity index (χ4v) is 6.24. The first kappa shape index (κ1) is 41.9. The molecule has 0 aliphatic rings. The number of rotatable bonds is 36. The lowest BCUT2D eigenvalue weighted by Gasteiger charge is -2.17. The summed E-state index contributed by atoms with van der Waals surface area (Å²) in [6.45, 7) is 4.48. The van der Waals surface area contributed by atoms with E-state index >= 15 is 0 Å². The molecule has 0 amide bonds. The summed E-state index contributed by atoms with van der Waals surface area (Å²) < 4.78 is 5.88. The molecule has 1 unspecified atom stereocenters. The number of unbranched alkanes of at least 4 members (excludes halogenated alkanes) is 27. The van der Waals surface area contributed by atoms with Crippen LogP contribution in [0.1, 0.15) is 232 Å². The van der Waals surface area contributed by atoms with Gasteiger partial charge in [0.05, 0.1) is 0 Å². The third kappa shape index (κ3) is 35.3. The minimum atomic E-state index is -0.663. The van der Waals surface area contributed by atoms with Crippen molar-refractivity contribution in [2.24, 2.45) is 0 Å². The van der Waals surface area contributed by atoms with Crippen molar-refractivity contribution in [3.8, 4) is 0 Å². The molecule has 0 aromatic heterocycles. The van der Waals surface area contributed by atoms with E-state index in [2.05, 4.69) is 13.8 Å². The van der Waals surface area contributed by atoms with Crippen molar-refractivity contribution in [1.29, 1.82) is 0 Å². The first-order valence-corrected chi connectivity index (χ1v) is 19.5. The van der Waals surface area contributed by atoms with Crippen molar-refractivity contribution in [2.75, 3.05) is 0 Å². The summed E-state index contributed by atoms with van der Waals surface area (Å²) in [5, 5.41) is 8.65. The molecule has 4 nitrogen and oxygen atoms in total. The van der Waals surface area contributed by atoms with Gasteiger partial charge in [0, 0.05) is 12.8 Å². The van der Waals surface area contributed by atoms with Crippen LogP contribution in [0, 0.1) is 0 Å². The average molecular weight is 609 g/mol. The predicted molar refractivity (Wildman–Crippen MR) is 186 cm³/mol. The molecular formula is C39H76O4. The summed E-state index contributed by atoms with van der Waals surface area (Å²) >= 11 is 0. The topological polar surface area (TPSA) is 63.6 Å². The summed E-state index contributed by atoms with van der Waals surface area (Å²) in [5.74, 6) is -0.628. The highest BCUT2D eigenvalue weighted by Gasteiger charge is 2.13. The van der Waals surface area contributed by atoms with Gasteiger partial charge in [-0.15, -0.1) is 0 Å². The van der Waals surface area contributed by atoms with Crippen molar-refractivity contribution < 1.29 is 19.4 Å². The number of esters is 1. The van der Waals surface area contributed by atoms with E-state index in [9.17, 15) is 9.59 Å². The van der Waals surface area contributed by atoms with Gasteiger partial charge in [-0.3, -0.25) is 9.59 Å². The van der Waals surface area contributed by atoms with Crippen LogP contribution < -0.4 is 0 Å². The van der Waals surface area contributed by atoms with Gasteiger partial charge >= 0.3 is 11.9 Å². The Morgan fingerprint density at radius 2 is 0.744 bits per heavy atom. The molecule has 0 aromatic rings. The second kappa shape index (κ2) is 35.4. The summed E-state index contributed by atoms with van der Waals surface area (Å²) in [6, 6.07) is 0. The Kier molecular flexibility index (Phi) is 34.5. The standard InChI is InChI=1S/C39H76O4/c1-3-5-6-7-8-9-10-11-17-20-23-26-29-32-36-39(42)43-37(33-4-2)34-30-27-24-21-18-15-13-12-14-16-19-22-25-28-31-35-38(40)41/h37H,3-36H2,1-2H3,(H,40,41). The molecule has 1 N–H and O–H groups in total. The molecule has 4 heteroatoms. The van der Waals surface area contributed by atoms with E-state index in [1.165, 1.54) is 167 Å². The monoisotopic (exact) mass is 609 g/mol. The zero-order valence-electron chi connectivity index (χ0n) is 29.3. The highest BCUT2D eigenvalue weighted by atomic mass is 16.5. The van der Waals surface area contributed by atoms with E-state index in [0.29, 0.717) is 12.8 Å². The molecule has 0 saturated carbocycles. The van der Waals surface area contributed by atoms with E-state index in [1.54, 1.807) is 0 Å². The number of carbonyl (C=O) groups excluding carboxylic acids is 1. The van der Waals surface area contributed by atoms with Gasteiger partial charge in [0.15, 0.2) is 0 Å². The van der Waals surface area contributed by atoms with Crippen LogP contribution in [-0.2, 0) is 14.3 Å². The molecule has 0 aromatic carbocycles. The van der Waals surface area contributed by atoms with Crippen LogP contribution in [-0.4, -0.2) is 23.1 Å². The Morgan fingerprint density at radius 3 is 1.09 bits per heavy atom. The number of hydrogen-bond donors (Lipinski definition) is 1. The average Bonchev–Trinajstić information content (AvgIpc) is 2.98. The second-order valence-electron chi connectivity index (χ2n) is 13.5. The molecule has 0 spiro atoms. The SMILES string of the molecule is CCCCCCCCCCCCCCCCC(=O)OC(CCC)CCCCCCCCCCCCCCCCCC(=O)O. The Bertz CT molecular complexity index is 576. The Labute approximate surface area is 269 Å². The minimum absolute atomic E-state index is 0.0353. The molecule has 0 aliphatic carbocycles. The number of carbonyl (C=O) groups is 2. The normalized spacial score (nSPS) is 12.0. The van der Waals surface area contributed by atoms with Crippen molar-refractivity contribution in [1.82, 2.24) is 0 Å². The van der Waals surface area contributed by atoms with Gasteiger partial charge in [0.2, 0.25) is 0 Å². The smallest absolute Gasteiger partial charge is 0.306 e. The molecule has 43 heavy (non-hydrogen) atoms. The van der Waals surface area contributed by atoms with E-state index < -0.39 is 5.97 Å². The van der Waals surface area contributed by atoms with Crippen LogP contribution >= 0.6 is 0 Å². The maximum atomic E-state index is 12.4. The third-order valence-electron chi connectivity index (χ3n) is 9.06. The molecule has 1 atom stereocenters. The van der Waals surface area contributed by atoms with Gasteiger partial charge in [-0.2, -0.15) is 0 Å². The highest BCUT2D eigenvalue weighted by molar-refractivity contribution is 5.69. The van der Waals surface area contributed by atoms with Crippen molar-refractivity contribution >= 4 is 11.9 Å². The maximum Gasteiger partial charge on any atom is 0.306 e. The van der Waals surface area contributed by atoms with Gasteiger partial charge in [-0.1, -0.05) is 187 Å². The lowest BCUT2D eigenvalue weighted by molar-refractivity contribution is -0.150. The quantitative estimate of drug-likeness (QED) is 0.0567. The summed E-state index contributed by atoms with van der Waals surface area (Å²) in [5.41, 5.74) is 0. The van der Waals surface area contributed by atoms with Gasteiger partial charge in [0.25, 0.3) is 0 Å². The van der Waals surface area contributed by atoms with Crippen LogP contribution in [0.3, 0.4) is 0 Å². The second-order valence-corrected chi connectivity index (χ2v) is 13.5. The van der Waals surface area contributed by atoms with Crippen LogP contribution in [0.5, 0.6) is 0 Å². The van der Waals surface area contributed by atoms with E-state index in [0.717, 1.165) is 38.5 Å². The minimum Gasteiger partial charge on any atom is -0.481 e. The third-order valence-corrected chi connectivity index (χ3v) is 9.06.